The highest BCUT2D eigenvalue weighted by molar-refractivity contribution is 6.08. The van der Waals surface area contributed by atoms with Crippen LogP contribution in [0.2, 0.25) is 0 Å². The van der Waals surface area contributed by atoms with Gasteiger partial charge in [0.2, 0.25) is 6.10 Å². The van der Waals surface area contributed by atoms with E-state index in [2.05, 4.69) is 10.6 Å². The summed E-state index contributed by atoms with van der Waals surface area (Å²) >= 11 is 0. The van der Waals surface area contributed by atoms with E-state index in [9.17, 15) is 19.2 Å². The topological polar surface area (TPSA) is 105 Å². The highest BCUT2D eigenvalue weighted by atomic mass is 16.5. The molecule has 4 amide bonds. The van der Waals surface area contributed by atoms with Crippen molar-refractivity contribution in [2.45, 2.75) is 37.5 Å². The molecule has 1 heterocycles. The lowest BCUT2D eigenvalue weighted by Crippen LogP contribution is -2.42. The number of hydrogen-bond donors (Lipinski definition) is 2. The Morgan fingerprint density at radius 1 is 1.10 bits per heavy atom. The van der Waals surface area contributed by atoms with Crippen molar-refractivity contribution in [3.05, 3.63) is 71.8 Å². The predicted molar refractivity (Wildman–Crippen MR) is 110 cm³/mol. The van der Waals surface area contributed by atoms with Crippen LogP contribution < -0.4 is 10.6 Å². The van der Waals surface area contributed by atoms with Crippen LogP contribution in [0, 0.1) is 0 Å². The van der Waals surface area contributed by atoms with Gasteiger partial charge in [-0.15, -0.1) is 0 Å². The molecule has 160 valence electrons. The van der Waals surface area contributed by atoms with Gasteiger partial charge in [0.1, 0.15) is 12.1 Å². The number of carbonyl (C=O) groups excluding carboxylic acids is 4. The summed E-state index contributed by atoms with van der Waals surface area (Å²) in [5.41, 5.74) is -0.156. The second-order valence-electron chi connectivity index (χ2n) is 7.88. The highest BCUT2D eigenvalue weighted by Crippen LogP contribution is 2.29. The summed E-state index contributed by atoms with van der Waals surface area (Å²) in [7, 11) is 0. The zero-order chi connectivity index (χ0) is 22.0. The number of urea groups is 1. The molecule has 2 aliphatic rings. The Morgan fingerprint density at radius 2 is 1.71 bits per heavy atom. The van der Waals surface area contributed by atoms with Gasteiger partial charge in [0.15, 0.2) is 0 Å². The van der Waals surface area contributed by atoms with E-state index >= 15 is 0 Å². The zero-order valence-corrected chi connectivity index (χ0v) is 17.0. The van der Waals surface area contributed by atoms with E-state index < -0.39 is 42.0 Å². The lowest BCUT2D eigenvalue weighted by atomic mass is 9.92. The number of imide groups is 1. The summed E-state index contributed by atoms with van der Waals surface area (Å²) in [4.78, 5) is 51.5. The van der Waals surface area contributed by atoms with Crippen molar-refractivity contribution in [3.63, 3.8) is 0 Å². The molecule has 2 aromatic rings. The first-order valence-electron chi connectivity index (χ1n) is 10.1. The third-order valence-corrected chi connectivity index (χ3v) is 5.43. The van der Waals surface area contributed by atoms with Crippen molar-refractivity contribution < 1.29 is 23.9 Å². The maximum atomic E-state index is 13.0. The van der Waals surface area contributed by atoms with Gasteiger partial charge in [0.25, 0.3) is 11.8 Å². The smallest absolute Gasteiger partial charge is 0.327 e. The maximum absolute atomic E-state index is 13.0. The van der Waals surface area contributed by atoms with Crippen LogP contribution in [0.3, 0.4) is 0 Å². The molecule has 1 saturated heterocycles. The molecule has 2 atom stereocenters. The number of nitrogens with one attached hydrogen (secondary N) is 2. The number of nitrogens with zero attached hydrogens (tertiary/aromatic N) is 1. The van der Waals surface area contributed by atoms with Gasteiger partial charge in [-0.05, 0) is 25.3 Å². The van der Waals surface area contributed by atoms with Crippen LogP contribution in [0.4, 0.5) is 4.79 Å². The molecule has 2 N–H and O–H groups in total. The minimum atomic E-state index is -1.28. The molecule has 0 unspecified atom stereocenters. The summed E-state index contributed by atoms with van der Waals surface area (Å²) in [6.07, 6.45) is 0.624. The summed E-state index contributed by atoms with van der Waals surface area (Å²) in [5, 5.41) is 5.47. The van der Waals surface area contributed by atoms with Gasteiger partial charge in [-0.1, -0.05) is 60.7 Å². The molecule has 2 aromatic carbocycles. The lowest BCUT2D eigenvalue weighted by Gasteiger charge is -2.22. The van der Waals surface area contributed by atoms with Gasteiger partial charge in [0, 0.05) is 11.6 Å². The molecule has 0 radical (unpaired) electrons. The van der Waals surface area contributed by atoms with Crippen molar-refractivity contribution in [1.82, 2.24) is 15.5 Å². The van der Waals surface area contributed by atoms with Gasteiger partial charge in [-0.2, -0.15) is 0 Å². The van der Waals surface area contributed by atoms with Crippen LogP contribution in [0.1, 0.15) is 37.0 Å². The number of rotatable bonds is 7. The zero-order valence-electron chi connectivity index (χ0n) is 17.0. The number of esters is 1. The van der Waals surface area contributed by atoms with Crippen molar-refractivity contribution in [2.75, 3.05) is 6.54 Å². The fourth-order valence-corrected chi connectivity index (χ4v) is 3.51. The minimum absolute atomic E-state index is 0.0925. The van der Waals surface area contributed by atoms with E-state index in [1.54, 1.807) is 67.6 Å². The third-order valence-electron chi connectivity index (χ3n) is 5.43. The normalized spacial score (nSPS) is 21.4. The molecule has 1 saturated carbocycles. The minimum Gasteiger partial charge on any atom is -0.446 e. The highest BCUT2D eigenvalue weighted by Gasteiger charge is 2.49. The first-order valence-corrected chi connectivity index (χ1v) is 10.1. The van der Waals surface area contributed by atoms with Crippen LogP contribution in [0.25, 0.3) is 0 Å². The predicted octanol–water partition coefficient (Wildman–Crippen LogP) is 2.02. The molecule has 0 aromatic heterocycles. The summed E-state index contributed by atoms with van der Waals surface area (Å²) in [6.45, 7) is 0.997. The van der Waals surface area contributed by atoms with E-state index in [1.165, 1.54) is 0 Å². The van der Waals surface area contributed by atoms with Crippen molar-refractivity contribution in [3.8, 4) is 0 Å². The third kappa shape index (κ3) is 4.28. The number of amides is 4. The van der Waals surface area contributed by atoms with Crippen LogP contribution in [0.5, 0.6) is 0 Å². The Balaban J connectivity index is 1.48. The Kier molecular flexibility index (Phi) is 5.46. The molecular formula is C23H23N3O5. The summed E-state index contributed by atoms with van der Waals surface area (Å²) in [5.74, 6) is -1.83. The molecule has 0 spiro atoms. The van der Waals surface area contributed by atoms with E-state index in [1.807, 2.05) is 0 Å². The molecule has 31 heavy (non-hydrogen) atoms. The Labute approximate surface area is 179 Å². The van der Waals surface area contributed by atoms with Crippen molar-refractivity contribution in [1.29, 1.82) is 0 Å². The average Bonchev–Trinajstić information content (AvgIpc) is 3.56. The quantitative estimate of drug-likeness (QED) is 0.526. The monoisotopic (exact) mass is 421 g/mol. The fraction of sp³-hybridized carbons (Fsp3) is 0.304. The van der Waals surface area contributed by atoms with Gasteiger partial charge >= 0.3 is 12.0 Å². The van der Waals surface area contributed by atoms with E-state index in [-0.39, 0.29) is 6.04 Å². The molecule has 1 aliphatic carbocycles. The molecule has 4 rings (SSSR count). The Morgan fingerprint density at radius 3 is 2.32 bits per heavy atom. The fourth-order valence-electron chi connectivity index (χ4n) is 3.51. The second kappa shape index (κ2) is 8.22. The standard InChI is InChI=1S/C23H23N3O5/c1-23(16-10-6-3-7-11-16)21(29)26(22(30)25-23)14-18(27)31-19(15-8-4-2-5-9-15)20(28)24-17-12-13-17/h2-11,17,19H,12-14H2,1H3,(H,24,28)(H,25,30)/t19-,23+/m0/s1. The molecule has 0 bridgehead atoms. The van der Waals surface area contributed by atoms with E-state index in [0.717, 1.165) is 17.7 Å². The maximum Gasteiger partial charge on any atom is 0.327 e. The lowest BCUT2D eigenvalue weighted by molar-refractivity contribution is -0.158. The number of ether oxygens (including phenoxy) is 1. The second-order valence-corrected chi connectivity index (χ2v) is 7.88. The van der Waals surface area contributed by atoms with E-state index in [4.69, 9.17) is 4.74 Å². The average molecular weight is 421 g/mol. The van der Waals surface area contributed by atoms with Gasteiger partial charge in [0.05, 0.1) is 0 Å². The van der Waals surface area contributed by atoms with E-state index in [0.29, 0.717) is 11.1 Å². The summed E-state index contributed by atoms with van der Waals surface area (Å²) < 4.78 is 5.43. The first-order chi connectivity index (χ1) is 14.9. The van der Waals surface area contributed by atoms with Crippen molar-refractivity contribution >= 4 is 23.8 Å². The van der Waals surface area contributed by atoms with Gasteiger partial charge in [-0.25, -0.2) is 4.79 Å². The largest absolute Gasteiger partial charge is 0.446 e. The number of carbonyl (C=O) groups is 4. The number of benzene rings is 2. The van der Waals surface area contributed by atoms with Crippen LogP contribution >= 0.6 is 0 Å². The van der Waals surface area contributed by atoms with Crippen LogP contribution in [0.15, 0.2) is 60.7 Å². The Hall–Kier alpha value is -3.68. The molecule has 8 heteroatoms. The Bertz CT molecular complexity index is 1010. The van der Waals surface area contributed by atoms with Crippen LogP contribution in [-0.4, -0.2) is 41.3 Å². The van der Waals surface area contributed by atoms with Gasteiger partial charge < -0.3 is 15.4 Å². The molecule has 8 nitrogen and oxygen atoms in total. The van der Waals surface area contributed by atoms with Crippen LogP contribution in [-0.2, 0) is 24.7 Å². The molecule has 1 aliphatic heterocycles. The van der Waals surface area contributed by atoms with Crippen molar-refractivity contribution in [2.24, 2.45) is 0 Å². The van der Waals surface area contributed by atoms with Gasteiger partial charge in [-0.3, -0.25) is 19.3 Å². The first kappa shape index (κ1) is 20.6. The molecular weight excluding hydrogens is 398 g/mol. The SMILES string of the molecule is C[C@]1(c2ccccc2)NC(=O)N(CC(=O)O[C@H](C(=O)NC2CC2)c2ccccc2)C1=O. The summed E-state index contributed by atoms with van der Waals surface area (Å²) in [6, 6.07) is 16.8. The molecule has 2 fully saturated rings. The number of hydrogen-bond acceptors (Lipinski definition) is 5.